The fourth-order valence-corrected chi connectivity index (χ4v) is 4.43. The number of aliphatic hydroxyl groups excluding tert-OH is 1. The Bertz CT molecular complexity index is 949. The summed E-state index contributed by atoms with van der Waals surface area (Å²) in [5.41, 5.74) is 2.26. The molecule has 0 aromatic carbocycles. The van der Waals surface area contributed by atoms with Crippen molar-refractivity contribution in [3.63, 3.8) is 0 Å². The number of likely N-dealkylation sites (tertiary alicyclic amines) is 1. The van der Waals surface area contributed by atoms with Gasteiger partial charge in [-0.05, 0) is 79.5 Å². The molecular weight excluding hydrogens is 466 g/mol. The van der Waals surface area contributed by atoms with Crippen LogP contribution in [0.15, 0.2) is 34.6 Å². The molecule has 0 saturated carbocycles. The molecule has 0 aliphatic carbocycles. The Balaban J connectivity index is 1.77. The Morgan fingerprint density at radius 2 is 2.22 bits per heavy atom. The van der Waals surface area contributed by atoms with E-state index in [1.165, 1.54) is 32.4 Å². The van der Waals surface area contributed by atoms with Crippen molar-refractivity contribution in [2.45, 2.75) is 59.8 Å². The van der Waals surface area contributed by atoms with Gasteiger partial charge in [0.15, 0.2) is 5.65 Å². The van der Waals surface area contributed by atoms with Gasteiger partial charge >= 0.3 is 0 Å². The van der Waals surface area contributed by atoms with E-state index in [4.69, 9.17) is 4.98 Å². The maximum absolute atomic E-state index is 10.5. The number of aliphatic hydroxyl groups is 1. The number of anilines is 1. The Kier molecular flexibility index (Phi) is 9.17. The molecule has 1 unspecified atom stereocenters. The predicted molar refractivity (Wildman–Crippen MR) is 137 cm³/mol. The lowest BCUT2D eigenvalue weighted by atomic mass is 9.97. The molecular formula is C25H38BrN5O. The smallest absolute Gasteiger partial charge is 0.172 e. The van der Waals surface area contributed by atoms with Crippen molar-refractivity contribution in [1.29, 1.82) is 0 Å². The van der Waals surface area contributed by atoms with E-state index < -0.39 is 0 Å². The van der Waals surface area contributed by atoms with Crippen LogP contribution >= 0.6 is 15.9 Å². The second kappa shape index (κ2) is 11.8. The van der Waals surface area contributed by atoms with Crippen LogP contribution in [0.3, 0.4) is 0 Å². The number of hydrogen-bond acceptors (Lipinski definition) is 5. The molecule has 1 fully saturated rings. The van der Waals surface area contributed by atoms with Crippen molar-refractivity contribution in [3.05, 3.63) is 40.3 Å². The van der Waals surface area contributed by atoms with E-state index in [9.17, 15) is 5.11 Å². The van der Waals surface area contributed by atoms with Crippen LogP contribution in [0, 0.1) is 11.8 Å². The minimum Gasteiger partial charge on any atom is -0.508 e. The average Bonchev–Trinajstić information content (AvgIpc) is 3.16. The SMILES string of the molecule is CCC/C=C\C(O)=C(/C)c1cc(NCC2CCCN(CCC(C)C)C2)n2ncc(Br)c2n1. The first-order valence-corrected chi connectivity index (χ1v) is 12.8. The van der Waals surface area contributed by atoms with E-state index in [1.807, 2.05) is 23.6 Å². The quantitative estimate of drug-likeness (QED) is 0.293. The fourth-order valence-electron chi connectivity index (χ4n) is 4.08. The van der Waals surface area contributed by atoms with E-state index in [2.05, 4.69) is 52.0 Å². The van der Waals surface area contributed by atoms with Crippen LogP contribution < -0.4 is 5.32 Å². The zero-order chi connectivity index (χ0) is 23.1. The number of piperidine rings is 1. The largest absolute Gasteiger partial charge is 0.508 e. The van der Waals surface area contributed by atoms with Gasteiger partial charge in [0.1, 0.15) is 11.6 Å². The van der Waals surface area contributed by atoms with Crippen LogP contribution in [-0.4, -0.2) is 50.8 Å². The molecule has 7 heteroatoms. The van der Waals surface area contributed by atoms with Gasteiger partial charge in [-0.1, -0.05) is 33.3 Å². The first-order chi connectivity index (χ1) is 15.4. The van der Waals surface area contributed by atoms with E-state index in [0.717, 1.165) is 59.1 Å². The van der Waals surface area contributed by atoms with Gasteiger partial charge in [0.2, 0.25) is 0 Å². The van der Waals surface area contributed by atoms with Crippen LogP contribution in [0.5, 0.6) is 0 Å². The van der Waals surface area contributed by atoms with Crippen LogP contribution in [0.25, 0.3) is 11.2 Å². The highest BCUT2D eigenvalue weighted by molar-refractivity contribution is 9.10. The molecule has 0 spiro atoms. The fraction of sp³-hybridized carbons (Fsp3) is 0.600. The molecule has 2 aromatic heterocycles. The van der Waals surface area contributed by atoms with Crippen molar-refractivity contribution in [3.8, 4) is 0 Å². The van der Waals surface area contributed by atoms with E-state index in [0.29, 0.717) is 5.92 Å². The third kappa shape index (κ3) is 6.58. The molecule has 1 aliphatic rings. The zero-order valence-corrected chi connectivity index (χ0v) is 21.5. The molecule has 0 radical (unpaired) electrons. The summed E-state index contributed by atoms with van der Waals surface area (Å²) in [5, 5.41) is 18.7. The molecule has 1 aliphatic heterocycles. The van der Waals surface area contributed by atoms with Crippen LogP contribution in [-0.2, 0) is 0 Å². The minimum absolute atomic E-state index is 0.255. The summed E-state index contributed by atoms with van der Waals surface area (Å²) in [4.78, 5) is 7.36. The lowest BCUT2D eigenvalue weighted by Gasteiger charge is -2.33. The Morgan fingerprint density at radius 3 is 2.97 bits per heavy atom. The Hall–Kier alpha value is -1.86. The van der Waals surface area contributed by atoms with Gasteiger partial charge in [0, 0.05) is 24.7 Å². The maximum atomic E-state index is 10.5. The standard InChI is InChI=1S/C25H38BrN5O/c1-5-6-7-10-23(32)19(4)22-14-24(31-25(29-22)21(26)16-28-31)27-15-20-9-8-12-30(17-20)13-11-18(2)3/h7,10,14,16,18,20,27,32H,5-6,8-9,11-13,15,17H2,1-4H3/b10-7-,23-19-. The van der Waals surface area contributed by atoms with Crippen molar-refractivity contribution < 1.29 is 5.11 Å². The first kappa shape index (κ1) is 24.8. The van der Waals surface area contributed by atoms with Gasteiger partial charge in [0.25, 0.3) is 0 Å². The monoisotopic (exact) mass is 503 g/mol. The van der Waals surface area contributed by atoms with Gasteiger partial charge in [-0.25, -0.2) is 4.98 Å². The zero-order valence-electron chi connectivity index (χ0n) is 19.9. The van der Waals surface area contributed by atoms with Crippen molar-refractivity contribution in [2.24, 2.45) is 11.8 Å². The number of nitrogens with zero attached hydrogens (tertiary/aromatic N) is 4. The topological polar surface area (TPSA) is 65.7 Å². The molecule has 2 N–H and O–H groups in total. The van der Waals surface area contributed by atoms with Crippen molar-refractivity contribution in [1.82, 2.24) is 19.5 Å². The minimum atomic E-state index is 0.255. The van der Waals surface area contributed by atoms with E-state index >= 15 is 0 Å². The Morgan fingerprint density at radius 1 is 1.41 bits per heavy atom. The van der Waals surface area contributed by atoms with E-state index in [-0.39, 0.29) is 5.76 Å². The van der Waals surface area contributed by atoms with Gasteiger partial charge in [-0.2, -0.15) is 9.61 Å². The van der Waals surface area contributed by atoms with Crippen molar-refractivity contribution in [2.75, 3.05) is 31.5 Å². The summed E-state index contributed by atoms with van der Waals surface area (Å²) in [7, 11) is 0. The number of allylic oxidation sites excluding steroid dienone is 3. The molecule has 32 heavy (non-hydrogen) atoms. The highest BCUT2D eigenvalue weighted by atomic mass is 79.9. The number of halogens is 1. The lowest BCUT2D eigenvalue weighted by molar-refractivity contribution is 0.172. The summed E-state index contributed by atoms with van der Waals surface area (Å²) < 4.78 is 2.68. The van der Waals surface area contributed by atoms with Crippen LogP contribution in [0.4, 0.5) is 5.82 Å². The lowest BCUT2D eigenvalue weighted by Crippen LogP contribution is -2.39. The van der Waals surface area contributed by atoms with Gasteiger partial charge in [0.05, 0.1) is 16.4 Å². The molecule has 176 valence electrons. The molecule has 1 saturated heterocycles. The first-order valence-electron chi connectivity index (χ1n) is 12.0. The molecule has 2 aromatic rings. The normalized spacial score (nSPS) is 18.6. The summed E-state index contributed by atoms with van der Waals surface area (Å²) in [5.74, 6) is 2.52. The molecule has 1 atom stereocenters. The third-order valence-electron chi connectivity index (χ3n) is 6.13. The molecule has 0 amide bonds. The Labute approximate surface area is 200 Å². The second-order valence-electron chi connectivity index (χ2n) is 9.33. The number of aromatic nitrogens is 3. The molecule has 6 nitrogen and oxygen atoms in total. The number of hydrogen-bond donors (Lipinski definition) is 2. The van der Waals surface area contributed by atoms with Crippen LogP contribution in [0.1, 0.15) is 65.5 Å². The van der Waals surface area contributed by atoms with E-state index in [1.54, 1.807) is 12.3 Å². The van der Waals surface area contributed by atoms with Gasteiger partial charge in [-0.15, -0.1) is 0 Å². The maximum Gasteiger partial charge on any atom is 0.172 e. The van der Waals surface area contributed by atoms with Crippen molar-refractivity contribution >= 4 is 33.0 Å². The molecule has 0 bridgehead atoms. The summed E-state index contributed by atoms with van der Waals surface area (Å²) in [6.07, 6.45) is 11.3. The number of fused-ring (bicyclic) bond motifs is 1. The highest BCUT2D eigenvalue weighted by Crippen LogP contribution is 2.26. The average molecular weight is 505 g/mol. The molecule has 3 rings (SSSR count). The van der Waals surface area contributed by atoms with Gasteiger partial charge in [-0.3, -0.25) is 0 Å². The third-order valence-corrected chi connectivity index (χ3v) is 6.69. The molecule has 3 heterocycles. The number of nitrogens with one attached hydrogen (secondary N) is 1. The number of rotatable bonds is 10. The van der Waals surface area contributed by atoms with Gasteiger partial charge < -0.3 is 15.3 Å². The highest BCUT2D eigenvalue weighted by Gasteiger charge is 2.20. The number of unbranched alkanes of at least 4 members (excludes halogenated alkanes) is 1. The second-order valence-corrected chi connectivity index (χ2v) is 10.2. The van der Waals surface area contributed by atoms with Crippen LogP contribution in [0.2, 0.25) is 0 Å². The summed E-state index contributed by atoms with van der Waals surface area (Å²) >= 11 is 3.56. The summed E-state index contributed by atoms with van der Waals surface area (Å²) in [6, 6.07) is 1.99. The predicted octanol–water partition coefficient (Wildman–Crippen LogP) is 6.31. The summed E-state index contributed by atoms with van der Waals surface area (Å²) in [6.45, 7) is 13.1.